The van der Waals surface area contributed by atoms with E-state index in [1.165, 1.54) is 30.3 Å². The molecule has 0 radical (unpaired) electrons. The molecule has 37 heavy (non-hydrogen) atoms. The molecule has 1 atom stereocenters. The first-order chi connectivity index (χ1) is 17.5. The standard InChI is InChI=1S/C25H20Br2ClN3O6/c26-16-7-15(8-17(27)10-16)23(34)30-12-21(25(36)37)31-24(35)19-6-3-14(9-20(19)28)22(33)29-11-13-1-4-18(32)5-2-13/h1-10,21,32H,11-12H2,(H,29,33)(H,30,34)(H,31,35)(H,36,37)/t21-/m0/s1. The lowest BCUT2D eigenvalue weighted by atomic mass is 10.1. The Morgan fingerprint density at radius 2 is 1.43 bits per heavy atom. The average Bonchev–Trinajstić information content (AvgIpc) is 2.84. The van der Waals surface area contributed by atoms with E-state index in [0.717, 1.165) is 5.56 Å². The summed E-state index contributed by atoms with van der Waals surface area (Å²) in [6.07, 6.45) is 0. The maximum Gasteiger partial charge on any atom is 0.328 e. The van der Waals surface area contributed by atoms with Gasteiger partial charge in [-0.1, -0.05) is 55.6 Å². The zero-order chi connectivity index (χ0) is 27.1. The Morgan fingerprint density at radius 3 is 2.03 bits per heavy atom. The number of hydrogen-bond acceptors (Lipinski definition) is 5. The van der Waals surface area contributed by atoms with Crippen LogP contribution in [0.2, 0.25) is 5.02 Å². The van der Waals surface area contributed by atoms with Gasteiger partial charge in [0.05, 0.1) is 10.6 Å². The van der Waals surface area contributed by atoms with Crippen LogP contribution in [0.3, 0.4) is 0 Å². The monoisotopic (exact) mass is 651 g/mol. The van der Waals surface area contributed by atoms with Crippen LogP contribution in [-0.4, -0.2) is 46.5 Å². The predicted octanol–water partition coefficient (Wildman–Crippen LogP) is 4.11. The van der Waals surface area contributed by atoms with Gasteiger partial charge < -0.3 is 26.2 Å². The Kier molecular flexibility index (Phi) is 9.67. The third kappa shape index (κ3) is 8.04. The van der Waals surface area contributed by atoms with Crippen LogP contribution in [0.4, 0.5) is 0 Å². The Balaban J connectivity index is 1.61. The molecule has 0 spiro atoms. The molecule has 0 saturated carbocycles. The number of rotatable bonds is 9. The zero-order valence-corrected chi connectivity index (χ0v) is 22.9. The van der Waals surface area contributed by atoms with Crippen LogP contribution in [-0.2, 0) is 11.3 Å². The quantitative estimate of drug-likeness (QED) is 0.235. The van der Waals surface area contributed by atoms with Crippen molar-refractivity contribution in [3.63, 3.8) is 0 Å². The minimum atomic E-state index is -1.43. The third-order valence-electron chi connectivity index (χ3n) is 5.06. The van der Waals surface area contributed by atoms with E-state index in [1.807, 2.05) is 0 Å². The van der Waals surface area contributed by atoms with E-state index < -0.39 is 29.7 Å². The second-order valence-electron chi connectivity index (χ2n) is 7.78. The molecule has 0 aliphatic rings. The fourth-order valence-electron chi connectivity index (χ4n) is 3.16. The van der Waals surface area contributed by atoms with Gasteiger partial charge in [-0.15, -0.1) is 0 Å². The van der Waals surface area contributed by atoms with Crippen molar-refractivity contribution >= 4 is 67.2 Å². The molecular formula is C25H20Br2ClN3O6. The van der Waals surface area contributed by atoms with Gasteiger partial charge in [0.15, 0.2) is 0 Å². The molecule has 3 aromatic rings. The highest BCUT2D eigenvalue weighted by Crippen LogP contribution is 2.20. The molecule has 5 N–H and O–H groups in total. The second-order valence-corrected chi connectivity index (χ2v) is 10.0. The van der Waals surface area contributed by atoms with Gasteiger partial charge >= 0.3 is 5.97 Å². The smallest absolute Gasteiger partial charge is 0.328 e. The first-order valence-corrected chi connectivity index (χ1v) is 12.6. The Bertz CT molecular complexity index is 1330. The van der Waals surface area contributed by atoms with E-state index in [9.17, 15) is 29.4 Å². The number of carboxylic acids is 1. The molecule has 3 aromatic carbocycles. The van der Waals surface area contributed by atoms with Crippen molar-refractivity contribution < 1.29 is 29.4 Å². The highest BCUT2D eigenvalue weighted by atomic mass is 79.9. The average molecular weight is 654 g/mol. The number of nitrogens with one attached hydrogen (secondary N) is 3. The summed E-state index contributed by atoms with van der Waals surface area (Å²) in [5, 5.41) is 26.3. The first-order valence-electron chi connectivity index (χ1n) is 10.7. The maximum absolute atomic E-state index is 12.7. The highest BCUT2D eigenvalue weighted by Gasteiger charge is 2.23. The van der Waals surface area contributed by atoms with Crippen LogP contribution in [0.15, 0.2) is 69.6 Å². The number of carboxylic acid groups (broad SMARTS) is 1. The van der Waals surface area contributed by atoms with Gasteiger partial charge in [0.25, 0.3) is 17.7 Å². The van der Waals surface area contributed by atoms with E-state index >= 15 is 0 Å². The van der Waals surface area contributed by atoms with Gasteiger partial charge in [0.2, 0.25) is 0 Å². The summed E-state index contributed by atoms with van der Waals surface area (Å²) in [4.78, 5) is 49.2. The predicted molar refractivity (Wildman–Crippen MR) is 144 cm³/mol. The number of aliphatic carboxylic acids is 1. The lowest BCUT2D eigenvalue weighted by molar-refractivity contribution is -0.139. The lowest BCUT2D eigenvalue weighted by Crippen LogP contribution is -2.48. The summed E-state index contributed by atoms with van der Waals surface area (Å²) in [7, 11) is 0. The molecule has 12 heteroatoms. The summed E-state index contributed by atoms with van der Waals surface area (Å²) >= 11 is 12.8. The summed E-state index contributed by atoms with van der Waals surface area (Å²) < 4.78 is 1.31. The van der Waals surface area contributed by atoms with Crippen LogP contribution in [0.25, 0.3) is 0 Å². The van der Waals surface area contributed by atoms with Gasteiger partial charge in [-0.05, 0) is 54.1 Å². The number of benzene rings is 3. The number of carbonyl (C=O) groups is 4. The van der Waals surface area contributed by atoms with Crippen molar-refractivity contribution in [2.75, 3.05) is 6.54 Å². The van der Waals surface area contributed by atoms with Gasteiger partial charge in [-0.25, -0.2) is 4.79 Å². The first kappa shape index (κ1) is 28.2. The highest BCUT2D eigenvalue weighted by molar-refractivity contribution is 9.11. The van der Waals surface area contributed by atoms with Crippen molar-refractivity contribution in [3.8, 4) is 5.75 Å². The molecule has 0 aliphatic heterocycles. The summed E-state index contributed by atoms with van der Waals surface area (Å²) in [6, 6.07) is 13.8. The Morgan fingerprint density at radius 1 is 0.811 bits per heavy atom. The molecule has 0 heterocycles. The minimum Gasteiger partial charge on any atom is -0.508 e. The number of aromatic hydroxyl groups is 1. The van der Waals surface area contributed by atoms with Crippen molar-refractivity contribution in [2.45, 2.75) is 12.6 Å². The molecule has 0 unspecified atom stereocenters. The minimum absolute atomic E-state index is 0.0368. The van der Waals surface area contributed by atoms with E-state index in [-0.39, 0.29) is 35.0 Å². The van der Waals surface area contributed by atoms with E-state index in [0.29, 0.717) is 14.5 Å². The molecule has 0 bridgehead atoms. The maximum atomic E-state index is 12.7. The molecule has 9 nitrogen and oxygen atoms in total. The summed E-state index contributed by atoms with van der Waals surface area (Å²) in [6.45, 7) is -0.165. The van der Waals surface area contributed by atoms with Crippen LogP contribution in [0, 0.1) is 0 Å². The Labute approximate surface area is 233 Å². The van der Waals surface area contributed by atoms with Crippen molar-refractivity contribution in [1.29, 1.82) is 0 Å². The van der Waals surface area contributed by atoms with Crippen molar-refractivity contribution in [2.24, 2.45) is 0 Å². The largest absolute Gasteiger partial charge is 0.508 e. The van der Waals surface area contributed by atoms with Gasteiger partial charge in [0.1, 0.15) is 11.8 Å². The topological polar surface area (TPSA) is 145 Å². The molecule has 0 fully saturated rings. The van der Waals surface area contributed by atoms with Gasteiger partial charge in [-0.2, -0.15) is 0 Å². The van der Waals surface area contributed by atoms with Gasteiger partial charge in [0, 0.05) is 33.2 Å². The van der Waals surface area contributed by atoms with Crippen molar-refractivity contribution in [3.05, 3.63) is 96.9 Å². The second kappa shape index (κ2) is 12.7. The van der Waals surface area contributed by atoms with Crippen LogP contribution in [0.1, 0.15) is 36.6 Å². The zero-order valence-electron chi connectivity index (χ0n) is 18.9. The van der Waals surface area contributed by atoms with E-state index in [4.69, 9.17) is 11.6 Å². The van der Waals surface area contributed by atoms with E-state index in [1.54, 1.807) is 30.3 Å². The van der Waals surface area contributed by atoms with Crippen LogP contribution in [0.5, 0.6) is 5.75 Å². The SMILES string of the molecule is O=C(NCc1ccc(O)cc1)c1ccc(C(=O)N[C@@H](CNC(=O)c2cc(Br)cc(Br)c2)C(=O)O)c(Cl)c1. The number of halogens is 3. The molecule has 192 valence electrons. The molecule has 3 amide bonds. The normalized spacial score (nSPS) is 11.3. The molecular weight excluding hydrogens is 634 g/mol. The Hall–Kier alpha value is -3.41. The van der Waals surface area contributed by atoms with Crippen LogP contribution < -0.4 is 16.0 Å². The molecule has 0 aromatic heterocycles. The lowest BCUT2D eigenvalue weighted by Gasteiger charge is -2.16. The number of phenols is 1. The number of hydrogen-bond donors (Lipinski definition) is 5. The number of phenolic OH excluding ortho intramolecular Hbond substituents is 1. The van der Waals surface area contributed by atoms with Gasteiger partial charge in [-0.3, -0.25) is 14.4 Å². The molecule has 0 aliphatic carbocycles. The number of carbonyl (C=O) groups excluding carboxylic acids is 3. The van der Waals surface area contributed by atoms with Crippen molar-refractivity contribution in [1.82, 2.24) is 16.0 Å². The summed E-state index contributed by atoms with van der Waals surface area (Å²) in [5.74, 6) is -2.99. The molecule has 3 rings (SSSR count). The number of amides is 3. The fourth-order valence-corrected chi connectivity index (χ4v) is 4.72. The van der Waals surface area contributed by atoms with E-state index in [2.05, 4.69) is 47.8 Å². The fraction of sp³-hybridized carbons (Fsp3) is 0.120. The van der Waals surface area contributed by atoms with Crippen LogP contribution >= 0.6 is 43.5 Å². The third-order valence-corrected chi connectivity index (χ3v) is 6.29. The molecule has 0 saturated heterocycles. The summed E-state index contributed by atoms with van der Waals surface area (Å²) in [5.41, 5.74) is 1.22.